The van der Waals surface area contributed by atoms with Gasteiger partial charge in [-0.15, -0.1) is 0 Å². The summed E-state index contributed by atoms with van der Waals surface area (Å²) in [4.78, 5) is 23.2. The number of para-hydroxylation sites is 1. The summed E-state index contributed by atoms with van der Waals surface area (Å²) in [6.45, 7) is 5.50. The molecule has 1 amide bonds. The Labute approximate surface area is 112 Å². The Hall–Kier alpha value is -2.04. The number of nitrogens with one attached hydrogen (secondary N) is 1. The minimum atomic E-state index is -0.717. The number of phenols is 1. The fraction of sp³-hybridized carbons (Fsp3) is 0.429. The SMILES string of the molecule is CC(C)[C@@H](C)NC(=O)COC(=O)c1ccccc1O. The third-order valence-corrected chi connectivity index (χ3v) is 2.85. The van der Waals surface area contributed by atoms with Crippen molar-refractivity contribution in [2.24, 2.45) is 5.92 Å². The van der Waals surface area contributed by atoms with Crippen molar-refractivity contribution in [3.8, 4) is 5.75 Å². The van der Waals surface area contributed by atoms with Crippen molar-refractivity contribution in [3.05, 3.63) is 29.8 Å². The maximum atomic E-state index is 11.6. The van der Waals surface area contributed by atoms with Gasteiger partial charge in [0.1, 0.15) is 11.3 Å². The number of phenolic OH excluding ortho intramolecular Hbond substituents is 1. The van der Waals surface area contributed by atoms with Gasteiger partial charge in [-0.25, -0.2) is 4.79 Å². The molecule has 0 aliphatic heterocycles. The fourth-order valence-corrected chi connectivity index (χ4v) is 1.32. The molecule has 0 saturated carbocycles. The smallest absolute Gasteiger partial charge is 0.342 e. The molecule has 1 atom stereocenters. The first-order chi connectivity index (χ1) is 8.91. The number of hydrogen-bond acceptors (Lipinski definition) is 4. The van der Waals surface area contributed by atoms with Gasteiger partial charge < -0.3 is 15.2 Å². The van der Waals surface area contributed by atoms with Crippen molar-refractivity contribution in [1.82, 2.24) is 5.32 Å². The van der Waals surface area contributed by atoms with Gasteiger partial charge in [-0.1, -0.05) is 26.0 Å². The quantitative estimate of drug-likeness (QED) is 0.795. The standard InChI is InChI=1S/C14H19NO4/c1-9(2)10(3)15-13(17)8-19-14(18)11-6-4-5-7-12(11)16/h4-7,9-10,16H,8H2,1-3H3,(H,15,17)/t10-/m1/s1. The second-order valence-corrected chi connectivity index (χ2v) is 4.69. The van der Waals surface area contributed by atoms with Gasteiger partial charge in [0.15, 0.2) is 6.61 Å². The Balaban J connectivity index is 2.47. The first-order valence-electron chi connectivity index (χ1n) is 6.16. The number of aromatic hydroxyl groups is 1. The Bertz CT molecular complexity index is 457. The summed E-state index contributed by atoms with van der Waals surface area (Å²) in [5.74, 6) is -0.934. The number of carbonyl (C=O) groups is 2. The van der Waals surface area contributed by atoms with Crippen LogP contribution in [0.2, 0.25) is 0 Å². The summed E-state index contributed by atoms with van der Waals surface area (Å²) in [6, 6.07) is 6.04. The number of ether oxygens (including phenoxy) is 1. The lowest BCUT2D eigenvalue weighted by molar-refractivity contribution is -0.125. The average molecular weight is 265 g/mol. The molecule has 2 N–H and O–H groups in total. The van der Waals surface area contributed by atoms with Crippen LogP contribution in [0, 0.1) is 5.92 Å². The Morgan fingerprint density at radius 1 is 1.26 bits per heavy atom. The number of esters is 1. The predicted molar refractivity (Wildman–Crippen MR) is 70.8 cm³/mol. The van der Waals surface area contributed by atoms with E-state index in [1.54, 1.807) is 12.1 Å². The summed E-state index contributed by atoms with van der Waals surface area (Å²) < 4.78 is 4.84. The van der Waals surface area contributed by atoms with Crippen LogP contribution in [0.4, 0.5) is 0 Å². The third kappa shape index (κ3) is 4.62. The van der Waals surface area contributed by atoms with E-state index < -0.39 is 5.97 Å². The van der Waals surface area contributed by atoms with E-state index in [9.17, 15) is 14.7 Å². The lowest BCUT2D eigenvalue weighted by Gasteiger charge is -2.17. The van der Waals surface area contributed by atoms with E-state index in [-0.39, 0.29) is 29.9 Å². The van der Waals surface area contributed by atoms with E-state index in [2.05, 4.69) is 5.32 Å². The van der Waals surface area contributed by atoms with E-state index >= 15 is 0 Å². The Kier molecular flexibility index (Phi) is 5.36. The zero-order chi connectivity index (χ0) is 14.4. The largest absolute Gasteiger partial charge is 0.507 e. The number of hydrogen-bond donors (Lipinski definition) is 2. The van der Waals surface area contributed by atoms with Gasteiger partial charge in [0.25, 0.3) is 5.91 Å². The molecule has 5 heteroatoms. The van der Waals surface area contributed by atoms with Crippen molar-refractivity contribution in [1.29, 1.82) is 0 Å². The van der Waals surface area contributed by atoms with Gasteiger partial charge in [0.05, 0.1) is 0 Å². The van der Waals surface area contributed by atoms with Crippen molar-refractivity contribution < 1.29 is 19.4 Å². The van der Waals surface area contributed by atoms with Gasteiger partial charge in [-0.2, -0.15) is 0 Å². The van der Waals surface area contributed by atoms with Gasteiger partial charge in [0, 0.05) is 6.04 Å². The minimum Gasteiger partial charge on any atom is -0.507 e. The van der Waals surface area contributed by atoms with Crippen LogP contribution in [-0.4, -0.2) is 29.6 Å². The van der Waals surface area contributed by atoms with Crippen LogP contribution < -0.4 is 5.32 Å². The Morgan fingerprint density at radius 3 is 2.47 bits per heavy atom. The van der Waals surface area contributed by atoms with Gasteiger partial charge in [-0.05, 0) is 25.0 Å². The summed E-state index contributed by atoms with van der Waals surface area (Å²) in [6.07, 6.45) is 0. The number of benzene rings is 1. The van der Waals surface area contributed by atoms with Crippen LogP contribution in [-0.2, 0) is 9.53 Å². The van der Waals surface area contributed by atoms with Crippen LogP contribution in [0.5, 0.6) is 5.75 Å². The van der Waals surface area contributed by atoms with Crippen LogP contribution in [0.1, 0.15) is 31.1 Å². The molecule has 1 rings (SSSR count). The highest BCUT2D eigenvalue weighted by atomic mass is 16.5. The van der Waals surface area contributed by atoms with E-state index in [1.807, 2.05) is 20.8 Å². The summed E-state index contributed by atoms with van der Waals surface area (Å²) in [5, 5.41) is 12.2. The molecule has 0 bridgehead atoms. The van der Waals surface area contributed by atoms with Crippen molar-refractivity contribution >= 4 is 11.9 Å². The number of amides is 1. The van der Waals surface area contributed by atoms with Crippen LogP contribution in [0.25, 0.3) is 0 Å². The first kappa shape index (κ1) is 15.0. The lowest BCUT2D eigenvalue weighted by Crippen LogP contribution is -2.38. The van der Waals surface area contributed by atoms with Crippen molar-refractivity contribution in [3.63, 3.8) is 0 Å². The first-order valence-corrected chi connectivity index (χ1v) is 6.16. The maximum Gasteiger partial charge on any atom is 0.342 e. The molecule has 0 aromatic heterocycles. The molecular weight excluding hydrogens is 246 g/mol. The molecule has 1 aromatic rings. The average Bonchev–Trinajstić information content (AvgIpc) is 2.36. The monoisotopic (exact) mass is 265 g/mol. The Morgan fingerprint density at radius 2 is 1.89 bits per heavy atom. The molecule has 0 spiro atoms. The molecule has 0 saturated heterocycles. The minimum absolute atomic E-state index is 0.0105. The lowest BCUT2D eigenvalue weighted by atomic mass is 10.1. The van der Waals surface area contributed by atoms with E-state index in [1.165, 1.54) is 12.1 Å². The molecular formula is C14H19NO4. The number of rotatable bonds is 5. The predicted octanol–water partition coefficient (Wildman–Crippen LogP) is 1.71. The molecule has 104 valence electrons. The summed E-state index contributed by atoms with van der Waals surface area (Å²) in [7, 11) is 0. The zero-order valence-electron chi connectivity index (χ0n) is 11.3. The second kappa shape index (κ2) is 6.78. The van der Waals surface area contributed by atoms with Crippen LogP contribution in [0.3, 0.4) is 0 Å². The van der Waals surface area contributed by atoms with E-state index in [0.717, 1.165) is 0 Å². The van der Waals surface area contributed by atoms with Gasteiger partial charge in [0.2, 0.25) is 0 Å². The molecule has 0 fully saturated rings. The molecule has 0 unspecified atom stereocenters. The molecule has 0 aliphatic rings. The second-order valence-electron chi connectivity index (χ2n) is 4.69. The highest BCUT2D eigenvalue weighted by Gasteiger charge is 2.15. The fourth-order valence-electron chi connectivity index (χ4n) is 1.32. The maximum absolute atomic E-state index is 11.6. The van der Waals surface area contributed by atoms with Crippen molar-refractivity contribution in [2.45, 2.75) is 26.8 Å². The van der Waals surface area contributed by atoms with Gasteiger partial charge in [-0.3, -0.25) is 4.79 Å². The molecule has 1 aromatic carbocycles. The normalized spacial score (nSPS) is 12.0. The summed E-state index contributed by atoms with van der Waals surface area (Å²) in [5.41, 5.74) is 0.0483. The molecule has 0 aliphatic carbocycles. The molecule has 5 nitrogen and oxygen atoms in total. The third-order valence-electron chi connectivity index (χ3n) is 2.85. The molecule has 0 heterocycles. The molecule has 0 radical (unpaired) electrons. The van der Waals surface area contributed by atoms with Crippen LogP contribution >= 0.6 is 0 Å². The number of carbonyl (C=O) groups excluding carboxylic acids is 2. The highest BCUT2D eigenvalue weighted by Crippen LogP contribution is 2.16. The van der Waals surface area contributed by atoms with Crippen LogP contribution in [0.15, 0.2) is 24.3 Å². The zero-order valence-corrected chi connectivity index (χ0v) is 11.3. The topological polar surface area (TPSA) is 75.6 Å². The van der Waals surface area contributed by atoms with E-state index in [0.29, 0.717) is 5.92 Å². The van der Waals surface area contributed by atoms with E-state index in [4.69, 9.17) is 4.74 Å². The highest BCUT2D eigenvalue weighted by molar-refractivity contribution is 5.93. The molecule has 19 heavy (non-hydrogen) atoms. The summed E-state index contributed by atoms with van der Waals surface area (Å²) >= 11 is 0. The van der Waals surface area contributed by atoms with Gasteiger partial charge >= 0.3 is 5.97 Å². The van der Waals surface area contributed by atoms with Crippen molar-refractivity contribution in [2.75, 3.05) is 6.61 Å².